The predicted octanol–water partition coefficient (Wildman–Crippen LogP) is 3.72. The highest BCUT2D eigenvalue weighted by Gasteiger charge is 2.29. The normalized spacial score (nSPS) is 16.1. The number of hydrogen-bond donors (Lipinski definition) is 2. The molecule has 2 N–H and O–H groups in total. The number of ether oxygens (including phenoxy) is 1. The average molecular weight is 351 g/mol. The number of amides is 1. The van der Waals surface area contributed by atoms with Gasteiger partial charge in [0.15, 0.2) is 5.75 Å². The average Bonchev–Trinajstić information content (AvgIpc) is 2.46. The summed E-state index contributed by atoms with van der Waals surface area (Å²) in [5, 5.41) is 6.49. The highest BCUT2D eigenvalue weighted by atomic mass is 35.5. The summed E-state index contributed by atoms with van der Waals surface area (Å²) in [6, 6.07) is 11.0. The van der Waals surface area contributed by atoms with Gasteiger partial charge in [-0.15, -0.1) is 0 Å². The maximum Gasteiger partial charge on any atom is 0.334 e. The summed E-state index contributed by atoms with van der Waals surface area (Å²) in [6.45, 7) is 0. The topological polar surface area (TPSA) is 67.4 Å². The van der Waals surface area contributed by atoms with Crippen molar-refractivity contribution in [2.24, 2.45) is 0 Å². The molecule has 1 amide bonds. The van der Waals surface area contributed by atoms with Crippen LogP contribution in [0.1, 0.15) is 6.42 Å². The van der Waals surface area contributed by atoms with Gasteiger partial charge in [0.2, 0.25) is 5.91 Å². The number of nitrogens with one attached hydrogen (secondary N) is 2. The van der Waals surface area contributed by atoms with Crippen molar-refractivity contribution in [3.05, 3.63) is 52.5 Å². The number of hydrogen-bond acceptors (Lipinski definition) is 4. The van der Waals surface area contributed by atoms with Crippen LogP contribution in [-0.4, -0.2) is 17.9 Å². The summed E-state index contributed by atoms with van der Waals surface area (Å²) >= 11 is 11.8. The molecular formula is C16H12Cl2N2O3. The number of anilines is 2. The molecule has 5 nitrogen and oxygen atoms in total. The van der Waals surface area contributed by atoms with Crippen molar-refractivity contribution < 1.29 is 14.3 Å². The standard InChI is InChI=1S/C16H12Cl2N2O3/c17-9-5-10(18)7-11(6-9)19-15(21)8-13-16(22)23-14-4-2-1-3-12(14)20-13/h1-7,13,20H,8H2,(H,19,21)/t13-/m0/s1. The molecule has 0 fully saturated rings. The van der Waals surface area contributed by atoms with E-state index in [4.69, 9.17) is 27.9 Å². The number of esters is 1. The molecule has 0 spiro atoms. The molecule has 2 aromatic carbocycles. The third-order valence-corrected chi connectivity index (χ3v) is 3.68. The SMILES string of the molecule is O=C(C[C@@H]1Nc2ccccc2OC1=O)Nc1cc(Cl)cc(Cl)c1. The minimum atomic E-state index is -0.750. The molecule has 23 heavy (non-hydrogen) atoms. The Balaban J connectivity index is 1.67. The van der Waals surface area contributed by atoms with Crippen molar-refractivity contribution in [2.45, 2.75) is 12.5 Å². The van der Waals surface area contributed by atoms with Crippen molar-refractivity contribution in [3.8, 4) is 5.75 Å². The van der Waals surface area contributed by atoms with Crippen LogP contribution in [0.3, 0.4) is 0 Å². The van der Waals surface area contributed by atoms with Crippen LogP contribution in [-0.2, 0) is 9.59 Å². The Morgan fingerprint density at radius 2 is 1.87 bits per heavy atom. The zero-order valence-corrected chi connectivity index (χ0v) is 13.3. The minimum Gasteiger partial charge on any atom is -0.423 e. The summed E-state index contributed by atoms with van der Waals surface area (Å²) in [4.78, 5) is 24.1. The van der Waals surface area contributed by atoms with Crippen molar-refractivity contribution in [1.29, 1.82) is 0 Å². The zero-order chi connectivity index (χ0) is 16.4. The molecule has 7 heteroatoms. The number of benzene rings is 2. The smallest absolute Gasteiger partial charge is 0.334 e. The highest BCUT2D eigenvalue weighted by Crippen LogP contribution is 2.29. The number of halogens is 2. The van der Waals surface area contributed by atoms with Crippen LogP contribution in [0.25, 0.3) is 0 Å². The predicted molar refractivity (Wildman–Crippen MR) is 89.2 cm³/mol. The van der Waals surface area contributed by atoms with Gasteiger partial charge in [0.05, 0.1) is 12.1 Å². The molecule has 118 valence electrons. The van der Waals surface area contributed by atoms with Crippen molar-refractivity contribution in [2.75, 3.05) is 10.6 Å². The number of carbonyl (C=O) groups excluding carboxylic acids is 2. The number of para-hydroxylation sites is 2. The van der Waals surface area contributed by atoms with Gasteiger partial charge < -0.3 is 15.4 Å². The second-order valence-corrected chi connectivity index (χ2v) is 5.90. The minimum absolute atomic E-state index is 0.0721. The summed E-state index contributed by atoms with van der Waals surface area (Å²) < 4.78 is 5.21. The van der Waals surface area contributed by atoms with E-state index in [0.29, 0.717) is 27.2 Å². The number of carbonyl (C=O) groups is 2. The molecule has 1 heterocycles. The molecule has 1 aliphatic rings. The van der Waals surface area contributed by atoms with Gasteiger partial charge >= 0.3 is 5.97 Å². The van der Waals surface area contributed by atoms with E-state index >= 15 is 0 Å². The third kappa shape index (κ3) is 3.75. The largest absolute Gasteiger partial charge is 0.423 e. The van der Waals surface area contributed by atoms with Gasteiger partial charge in [0.25, 0.3) is 0 Å². The second kappa shape index (κ2) is 6.48. The van der Waals surface area contributed by atoms with E-state index in [1.165, 1.54) is 0 Å². The van der Waals surface area contributed by atoms with E-state index in [1.807, 2.05) is 6.07 Å². The van der Waals surface area contributed by atoms with Crippen LogP contribution >= 0.6 is 23.2 Å². The first-order valence-corrected chi connectivity index (χ1v) is 7.60. The lowest BCUT2D eigenvalue weighted by Gasteiger charge is -2.25. The Morgan fingerprint density at radius 3 is 2.61 bits per heavy atom. The second-order valence-electron chi connectivity index (χ2n) is 5.02. The first-order chi connectivity index (χ1) is 11.0. The molecule has 1 atom stereocenters. The fourth-order valence-corrected chi connectivity index (χ4v) is 2.78. The van der Waals surface area contributed by atoms with E-state index in [0.717, 1.165) is 0 Å². The van der Waals surface area contributed by atoms with Gasteiger partial charge in [-0.3, -0.25) is 4.79 Å². The van der Waals surface area contributed by atoms with Crippen LogP contribution in [0.4, 0.5) is 11.4 Å². The van der Waals surface area contributed by atoms with Gasteiger partial charge in [0, 0.05) is 15.7 Å². The molecule has 0 radical (unpaired) electrons. The quantitative estimate of drug-likeness (QED) is 0.653. The molecule has 1 aliphatic heterocycles. The summed E-state index contributed by atoms with van der Waals surface area (Å²) in [7, 11) is 0. The van der Waals surface area contributed by atoms with Crippen molar-refractivity contribution in [1.82, 2.24) is 0 Å². The van der Waals surface area contributed by atoms with Gasteiger partial charge in [-0.05, 0) is 30.3 Å². The Kier molecular flexibility index (Phi) is 4.41. The van der Waals surface area contributed by atoms with Crippen molar-refractivity contribution >= 4 is 46.5 Å². The fraction of sp³-hybridized carbons (Fsp3) is 0.125. The number of fused-ring (bicyclic) bond motifs is 1. The molecule has 2 aromatic rings. The molecule has 0 saturated heterocycles. The number of rotatable bonds is 3. The molecule has 0 saturated carbocycles. The van der Waals surface area contributed by atoms with Crippen LogP contribution in [0.2, 0.25) is 10.0 Å². The molecule has 0 unspecified atom stereocenters. The van der Waals surface area contributed by atoms with E-state index in [9.17, 15) is 9.59 Å². The van der Waals surface area contributed by atoms with Crippen molar-refractivity contribution in [3.63, 3.8) is 0 Å². The highest BCUT2D eigenvalue weighted by molar-refractivity contribution is 6.35. The van der Waals surface area contributed by atoms with Crippen LogP contribution < -0.4 is 15.4 Å². The summed E-state index contributed by atoms with van der Waals surface area (Å²) in [5.74, 6) is -0.393. The Morgan fingerprint density at radius 1 is 1.17 bits per heavy atom. The lowest BCUT2D eigenvalue weighted by atomic mass is 10.1. The lowest BCUT2D eigenvalue weighted by Crippen LogP contribution is -2.39. The maximum atomic E-state index is 12.1. The first kappa shape index (κ1) is 15.6. The van der Waals surface area contributed by atoms with Gasteiger partial charge in [-0.2, -0.15) is 0 Å². The molecule has 3 rings (SSSR count). The van der Waals surface area contributed by atoms with Gasteiger partial charge in [-0.25, -0.2) is 4.79 Å². The Bertz CT molecular complexity index is 759. The lowest BCUT2D eigenvalue weighted by molar-refractivity contribution is -0.137. The Labute approximate surface area is 142 Å². The van der Waals surface area contributed by atoms with E-state index in [1.54, 1.807) is 36.4 Å². The van der Waals surface area contributed by atoms with E-state index in [-0.39, 0.29) is 12.3 Å². The van der Waals surface area contributed by atoms with Crippen LogP contribution in [0, 0.1) is 0 Å². The summed E-state index contributed by atoms with van der Waals surface area (Å²) in [6.07, 6.45) is -0.0721. The summed E-state index contributed by atoms with van der Waals surface area (Å²) in [5.41, 5.74) is 1.15. The van der Waals surface area contributed by atoms with Crippen LogP contribution in [0.5, 0.6) is 5.75 Å². The fourth-order valence-electron chi connectivity index (χ4n) is 2.26. The monoisotopic (exact) mass is 350 g/mol. The van der Waals surface area contributed by atoms with E-state index < -0.39 is 12.0 Å². The maximum absolute atomic E-state index is 12.1. The molecule has 0 bridgehead atoms. The van der Waals surface area contributed by atoms with Gasteiger partial charge in [-0.1, -0.05) is 35.3 Å². The molecule has 0 aromatic heterocycles. The Hall–Kier alpha value is -2.24. The van der Waals surface area contributed by atoms with E-state index in [2.05, 4.69) is 10.6 Å². The van der Waals surface area contributed by atoms with Gasteiger partial charge in [0.1, 0.15) is 6.04 Å². The first-order valence-electron chi connectivity index (χ1n) is 6.84. The zero-order valence-electron chi connectivity index (χ0n) is 11.8. The third-order valence-electron chi connectivity index (χ3n) is 3.25. The van der Waals surface area contributed by atoms with Crippen LogP contribution in [0.15, 0.2) is 42.5 Å². The molecule has 0 aliphatic carbocycles. The molecular weight excluding hydrogens is 339 g/mol.